The second-order valence-corrected chi connectivity index (χ2v) is 6.93. The number of halogens is 1. The number of ether oxygens (including phenoxy) is 2. The van der Waals surface area contributed by atoms with Crippen LogP contribution in [0.4, 0.5) is 10.1 Å². The molecule has 2 aromatic carbocycles. The van der Waals surface area contributed by atoms with Crippen molar-refractivity contribution in [1.29, 1.82) is 0 Å². The number of hydrogen-bond donors (Lipinski definition) is 1. The minimum atomic E-state index is -0.241. The third kappa shape index (κ3) is 5.38. The molecule has 0 aliphatic carbocycles. The van der Waals surface area contributed by atoms with Gasteiger partial charge in [-0.3, -0.25) is 4.99 Å². The van der Waals surface area contributed by atoms with Gasteiger partial charge in [-0.05, 0) is 42.0 Å². The highest BCUT2D eigenvalue weighted by molar-refractivity contribution is 5.80. The summed E-state index contributed by atoms with van der Waals surface area (Å²) >= 11 is 0. The zero-order chi connectivity index (χ0) is 20.6. The largest absolute Gasteiger partial charge is 0.497 e. The predicted molar refractivity (Wildman–Crippen MR) is 114 cm³/mol. The average molecular weight is 400 g/mol. The minimum Gasteiger partial charge on any atom is -0.497 e. The van der Waals surface area contributed by atoms with Crippen molar-refractivity contribution >= 4 is 11.6 Å². The second-order valence-electron chi connectivity index (χ2n) is 6.93. The highest BCUT2D eigenvalue weighted by atomic mass is 19.1. The maximum absolute atomic E-state index is 13.8. The van der Waals surface area contributed by atoms with Gasteiger partial charge in [0.1, 0.15) is 11.6 Å². The maximum atomic E-state index is 13.8. The van der Waals surface area contributed by atoms with E-state index in [1.54, 1.807) is 27.3 Å². The third-order valence-corrected chi connectivity index (χ3v) is 5.09. The van der Waals surface area contributed by atoms with E-state index in [1.165, 1.54) is 11.8 Å². The Balaban J connectivity index is 1.54. The molecule has 1 N–H and O–H groups in total. The molecule has 29 heavy (non-hydrogen) atoms. The van der Waals surface area contributed by atoms with Crippen LogP contribution in [-0.4, -0.2) is 58.3 Å². The van der Waals surface area contributed by atoms with Crippen LogP contribution in [-0.2, 0) is 17.9 Å². The number of hydrogen-bond acceptors (Lipinski definition) is 4. The lowest BCUT2D eigenvalue weighted by molar-refractivity contribution is 0.181. The van der Waals surface area contributed by atoms with Gasteiger partial charge in [0.15, 0.2) is 5.96 Å². The lowest BCUT2D eigenvalue weighted by Gasteiger charge is -2.37. The quantitative estimate of drug-likeness (QED) is 0.597. The number of piperazine rings is 1. The Kier molecular flexibility index (Phi) is 7.30. The molecule has 6 nitrogen and oxygen atoms in total. The molecule has 0 unspecified atom stereocenters. The summed E-state index contributed by atoms with van der Waals surface area (Å²) in [6, 6.07) is 13.3. The summed E-state index contributed by atoms with van der Waals surface area (Å²) in [5.41, 5.74) is 2.76. The van der Waals surface area contributed by atoms with Gasteiger partial charge in [0.05, 0.1) is 13.7 Å². The topological polar surface area (TPSA) is 49.3 Å². The molecule has 0 amide bonds. The number of aliphatic imine (C=N–C) groups is 1. The molecular weight excluding hydrogens is 371 g/mol. The number of benzene rings is 2. The van der Waals surface area contributed by atoms with Crippen molar-refractivity contribution < 1.29 is 13.9 Å². The number of methoxy groups -OCH3 is 2. The Morgan fingerprint density at radius 3 is 2.41 bits per heavy atom. The highest BCUT2D eigenvalue weighted by Crippen LogP contribution is 2.20. The summed E-state index contributed by atoms with van der Waals surface area (Å²) in [6.07, 6.45) is 0. The monoisotopic (exact) mass is 400 g/mol. The Morgan fingerprint density at radius 1 is 1.07 bits per heavy atom. The fourth-order valence-electron chi connectivity index (χ4n) is 3.49. The summed E-state index contributed by atoms with van der Waals surface area (Å²) in [5.74, 6) is 1.48. The molecule has 0 radical (unpaired) electrons. The molecule has 0 bridgehead atoms. The molecular formula is C22H29FN4O2. The molecule has 1 aliphatic heterocycles. The van der Waals surface area contributed by atoms with Gasteiger partial charge in [0.25, 0.3) is 0 Å². The van der Waals surface area contributed by atoms with E-state index < -0.39 is 0 Å². The van der Waals surface area contributed by atoms with Crippen LogP contribution in [0.5, 0.6) is 5.75 Å². The van der Waals surface area contributed by atoms with E-state index in [4.69, 9.17) is 9.47 Å². The Bertz CT molecular complexity index is 818. The van der Waals surface area contributed by atoms with Gasteiger partial charge in [0.2, 0.25) is 0 Å². The van der Waals surface area contributed by atoms with Gasteiger partial charge in [-0.1, -0.05) is 6.07 Å². The Hall–Kier alpha value is -2.80. The molecule has 0 atom stereocenters. The van der Waals surface area contributed by atoms with E-state index in [9.17, 15) is 4.39 Å². The Morgan fingerprint density at radius 2 is 1.79 bits per heavy atom. The van der Waals surface area contributed by atoms with Crippen molar-refractivity contribution in [3.05, 3.63) is 59.4 Å². The molecule has 7 heteroatoms. The first-order valence-corrected chi connectivity index (χ1v) is 9.75. The molecule has 0 aromatic heterocycles. The maximum Gasteiger partial charge on any atom is 0.194 e. The molecule has 156 valence electrons. The highest BCUT2D eigenvalue weighted by Gasteiger charge is 2.20. The van der Waals surface area contributed by atoms with Crippen molar-refractivity contribution in [3.8, 4) is 5.75 Å². The summed E-state index contributed by atoms with van der Waals surface area (Å²) in [5, 5.41) is 3.39. The van der Waals surface area contributed by atoms with Gasteiger partial charge < -0.3 is 24.6 Å². The van der Waals surface area contributed by atoms with Crippen molar-refractivity contribution in [2.45, 2.75) is 13.2 Å². The molecule has 3 rings (SSSR count). The van der Waals surface area contributed by atoms with E-state index in [2.05, 4.69) is 32.2 Å². The van der Waals surface area contributed by atoms with Crippen LogP contribution in [0.25, 0.3) is 0 Å². The number of nitrogens with one attached hydrogen (secondary N) is 1. The van der Waals surface area contributed by atoms with E-state index in [0.29, 0.717) is 12.1 Å². The summed E-state index contributed by atoms with van der Waals surface area (Å²) in [7, 11) is 5.04. The fraction of sp³-hybridized carbons (Fsp3) is 0.409. The van der Waals surface area contributed by atoms with E-state index in [-0.39, 0.29) is 12.4 Å². The lowest BCUT2D eigenvalue weighted by Crippen LogP contribution is -2.52. The molecule has 1 fully saturated rings. The van der Waals surface area contributed by atoms with Crippen molar-refractivity contribution in [2.24, 2.45) is 4.99 Å². The number of guanidine groups is 1. The van der Waals surface area contributed by atoms with Crippen molar-refractivity contribution in [2.75, 3.05) is 52.3 Å². The second kappa shape index (κ2) is 10.1. The van der Waals surface area contributed by atoms with E-state index in [0.717, 1.165) is 43.5 Å². The van der Waals surface area contributed by atoms with Crippen LogP contribution < -0.4 is 15.0 Å². The zero-order valence-electron chi connectivity index (χ0n) is 17.3. The van der Waals surface area contributed by atoms with E-state index >= 15 is 0 Å². The number of anilines is 1. The fourth-order valence-corrected chi connectivity index (χ4v) is 3.49. The van der Waals surface area contributed by atoms with Crippen LogP contribution >= 0.6 is 0 Å². The normalized spacial score (nSPS) is 14.8. The standard InChI is InChI=1S/C22H29FN4O2/c1-24-22(25-15-17-4-9-21(23)18(14-17)16-28-2)27-12-10-26(11-13-27)19-5-7-20(29-3)8-6-19/h4-9,14H,10-13,15-16H2,1-3H3,(H,24,25). The van der Waals surface area contributed by atoms with Gasteiger partial charge in [-0.2, -0.15) is 0 Å². The number of rotatable bonds is 6. The van der Waals surface area contributed by atoms with Crippen molar-refractivity contribution in [3.63, 3.8) is 0 Å². The van der Waals surface area contributed by atoms with Crippen LogP contribution in [0.2, 0.25) is 0 Å². The molecule has 1 heterocycles. The summed E-state index contributed by atoms with van der Waals surface area (Å²) in [4.78, 5) is 9.03. The van der Waals surface area contributed by atoms with Crippen LogP contribution in [0, 0.1) is 5.82 Å². The molecule has 2 aromatic rings. The number of nitrogens with zero attached hydrogens (tertiary/aromatic N) is 3. The average Bonchev–Trinajstić information content (AvgIpc) is 2.77. The van der Waals surface area contributed by atoms with Gasteiger partial charge in [-0.15, -0.1) is 0 Å². The van der Waals surface area contributed by atoms with Crippen LogP contribution in [0.3, 0.4) is 0 Å². The third-order valence-electron chi connectivity index (χ3n) is 5.09. The lowest BCUT2D eigenvalue weighted by atomic mass is 10.1. The predicted octanol–water partition coefficient (Wildman–Crippen LogP) is 2.88. The van der Waals surface area contributed by atoms with Gasteiger partial charge in [0, 0.05) is 58.1 Å². The van der Waals surface area contributed by atoms with Crippen molar-refractivity contribution in [1.82, 2.24) is 10.2 Å². The molecule has 1 aliphatic rings. The summed E-state index contributed by atoms with van der Waals surface area (Å²) in [6.45, 7) is 4.45. The van der Waals surface area contributed by atoms with Gasteiger partial charge in [-0.25, -0.2) is 4.39 Å². The molecule has 0 saturated carbocycles. The first kappa shape index (κ1) is 20.9. The van der Waals surface area contributed by atoms with Crippen LogP contribution in [0.1, 0.15) is 11.1 Å². The summed E-state index contributed by atoms with van der Waals surface area (Å²) < 4.78 is 24.1. The zero-order valence-corrected chi connectivity index (χ0v) is 17.3. The Labute approximate surface area is 171 Å². The molecule has 1 saturated heterocycles. The first-order valence-electron chi connectivity index (χ1n) is 9.75. The first-order chi connectivity index (χ1) is 14.1. The van der Waals surface area contributed by atoms with Gasteiger partial charge >= 0.3 is 0 Å². The van der Waals surface area contributed by atoms with Crippen LogP contribution in [0.15, 0.2) is 47.5 Å². The van der Waals surface area contributed by atoms with E-state index in [1.807, 2.05) is 18.2 Å². The smallest absolute Gasteiger partial charge is 0.194 e. The minimum absolute atomic E-state index is 0.241. The molecule has 0 spiro atoms. The SMILES string of the molecule is CN=C(NCc1ccc(F)c(COC)c1)N1CCN(c2ccc(OC)cc2)CC1.